The third kappa shape index (κ3) is 15.0. The van der Waals surface area contributed by atoms with Crippen LogP contribution in [0.5, 0.6) is 0 Å². The predicted octanol–water partition coefficient (Wildman–Crippen LogP) is 5.53. The highest BCUT2D eigenvalue weighted by atomic mass is 35.5. The Kier molecular flexibility index (Phi) is 16.0. The number of esters is 1. The van der Waals surface area contributed by atoms with Crippen LogP contribution in [0.1, 0.15) is 58.3 Å². The number of halogens is 4. The second-order valence-electron chi connectivity index (χ2n) is 6.11. The van der Waals surface area contributed by atoms with Gasteiger partial charge >= 0.3 is 5.97 Å². The molecule has 4 nitrogen and oxygen atoms in total. The summed E-state index contributed by atoms with van der Waals surface area (Å²) < 4.78 is 5.05. The summed E-state index contributed by atoms with van der Waals surface area (Å²) in [4.78, 5) is 23.4. The summed E-state index contributed by atoms with van der Waals surface area (Å²) in [5.41, 5.74) is 0. The van der Waals surface area contributed by atoms with Crippen molar-refractivity contribution >= 4 is 58.3 Å². The summed E-state index contributed by atoms with van der Waals surface area (Å²) in [7, 11) is 1.36. The van der Waals surface area contributed by atoms with E-state index in [-0.39, 0.29) is 27.2 Å². The lowest BCUT2D eigenvalue weighted by Gasteiger charge is -2.26. The maximum Gasteiger partial charge on any atom is 0.310 e. The first-order valence-corrected chi connectivity index (χ1v) is 10.5. The number of nitrogens with one attached hydrogen (secondary N) is 1. The van der Waals surface area contributed by atoms with Gasteiger partial charge < -0.3 is 10.1 Å². The lowest BCUT2D eigenvalue weighted by atomic mass is 9.89. The Morgan fingerprint density at radius 3 is 2.30 bits per heavy atom. The number of carbonyl (C=O) groups is 2. The van der Waals surface area contributed by atoms with Crippen LogP contribution in [0.25, 0.3) is 0 Å². The zero-order valence-corrected chi connectivity index (χ0v) is 18.7. The monoisotopic (exact) mass is 457 g/mol. The SMILES string of the molecule is COC(=O)[C@H](CCCCCC(Cl)Cl)[C@H](CCCC#CC=C(Cl)Cl)NC(C)=O. The van der Waals surface area contributed by atoms with Crippen molar-refractivity contribution in [2.45, 2.75) is 69.2 Å². The highest BCUT2D eigenvalue weighted by Gasteiger charge is 2.29. The number of alkyl halides is 2. The number of carbonyl (C=O) groups excluding carboxylic acids is 2. The van der Waals surface area contributed by atoms with Gasteiger partial charge in [0.15, 0.2) is 0 Å². The van der Waals surface area contributed by atoms with Crippen LogP contribution in [0.3, 0.4) is 0 Å². The van der Waals surface area contributed by atoms with Gasteiger partial charge in [0.05, 0.1) is 13.0 Å². The summed E-state index contributed by atoms with van der Waals surface area (Å²) in [5.74, 6) is 4.78. The van der Waals surface area contributed by atoms with Crippen molar-refractivity contribution in [1.82, 2.24) is 5.32 Å². The van der Waals surface area contributed by atoms with E-state index in [1.165, 1.54) is 20.1 Å². The molecule has 0 bridgehead atoms. The molecule has 27 heavy (non-hydrogen) atoms. The fourth-order valence-electron chi connectivity index (χ4n) is 2.70. The third-order valence-corrected chi connectivity index (χ3v) is 4.57. The number of ether oxygens (including phenoxy) is 1. The first kappa shape index (κ1) is 26.4. The van der Waals surface area contributed by atoms with E-state index >= 15 is 0 Å². The molecule has 1 N–H and O–H groups in total. The van der Waals surface area contributed by atoms with Gasteiger partial charge in [-0.25, -0.2) is 0 Å². The van der Waals surface area contributed by atoms with E-state index in [1.807, 2.05) is 0 Å². The smallest absolute Gasteiger partial charge is 0.310 e. The normalized spacial score (nSPS) is 12.6. The molecule has 0 saturated heterocycles. The zero-order chi connectivity index (χ0) is 20.7. The maximum absolute atomic E-state index is 12.2. The standard InChI is InChI=1S/C19H27Cl4NO3/c1-14(25)24-16(11-7-3-4-8-12-17(20)21)15(19(26)27-2)10-6-5-9-13-18(22)23/h12,15-16,18H,3,5-7,9-11,13H2,1-2H3,(H,24,25)/t15-,16+/m1/s1. The first-order valence-electron chi connectivity index (χ1n) is 8.90. The third-order valence-electron chi connectivity index (χ3n) is 3.92. The number of methoxy groups -OCH3 is 1. The molecule has 0 aliphatic carbocycles. The van der Waals surface area contributed by atoms with E-state index in [1.54, 1.807) is 0 Å². The van der Waals surface area contributed by atoms with Crippen LogP contribution >= 0.6 is 46.4 Å². The van der Waals surface area contributed by atoms with Crippen LogP contribution in [0.15, 0.2) is 10.6 Å². The molecular weight excluding hydrogens is 432 g/mol. The summed E-state index contributed by atoms with van der Waals surface area (Å²) in [6.07, 6.45) is 7.35. The Bertz CT molecular complexity index is 537. The molecule has 0 saturated carbocycles. The molecule has 0 heterocycles. The van der Waals surface area contributed by atoms with Crippen LogP contribution in [-0.4, -0.2) is 29.9 Å². The molecule has 8 heteroatoms. The number of unbranched alkanes of at least 4 members (excludes halogenated alkanes) is 3. The molecule has 0 aromatic carbocycles. The van der Waals surface area contributed by atoms with Gasteiger partial charge in [0.25, 0.3) is 0 Å². The van der Waals surface area contributed by atoms with Crippen molar-refractivity contribution in [3.05, 3.63) is 10.6 Å². The van der Waals surface area contributed by atoms with Crippen LogP contribution in [0, 0.1) is 17.8 Å². The van der Waals surface area contributed by atoms with E-state index in [9.17, 15) is 9.59 Å². The van der Waals surface area contributed by atoms with Gasteiger partial charge in [0.1, 0.15) is 9.33 Å². The lowest BCUT2D eigenvalue weighted by Crippen LogP contribution is -2.43. The van der Waals surface area contributed by atoms with Crippen molar-refractivity contribution in [3.63, 3.8) is 0 Å². The number of rotatable bonds is 12. The number of amides is 1. The Morgan fingerprint density at radius 1 is 1.07 bits per heavy atom. The number of hydrogen-bond acceptors (Lipinski definition) is 3. The topological polar surface area (TPSA) is 55.4 Å². The summed E-state index contributed by atoms with van der Waals surface area (Å²) in [6.45, 7) is 1.44. The van der Waals surface area contributed by atoms with Gasteiger partial charge in [0.2, 0.25) is 5.91 Å². The zero-order valence-electron chi connectivity index (χ0n) is 15.7. The highest BCUT2D eigenvalue weighted by molar-refractivity contribution is 6.56. The van der Waals surface area contributed by atoms with Crippen molar-refractivity contribution < 1.29 is 14.3 Å². The van der Waals surface area contributed by atoms with Crippen LogP contribution < -0.4 is 5.32 Å². The van der Waals surface area contributed by atoms with Gasteiger partial charge in [-0.3, -0.25) is 9.59 Å². The van der Waals surface area contributed by atoms with Crippen molar-refractivity contribution in [1.29, 1.82) is 0 Å². The lowest BCUT2D eigenvalue weighted by molar-refractivity contribution is -0.147. The Morgan fingerprint density at radius 2 is 1.74 bits per heavy atom. The summed E-state index contributed by atoms with van der Waals surface area (Å²) in [6, 6.07) is -0.294. The molecule has 1 amide bonds. The van der Waals surface area contributed by atoms with E-state index in [4.69, 9.17) is 51.1 Å². The van der Waals surface area contributed by atoms with Crippen LogP contribution in [0.2, 0.25) is 0 Å². The van der Waals surface area contributed by atoms with Crippen LogP contribution in [-0.2, 0) is 14.3 Å². The molecule has 0 aromatic rings. The van der Waals surface area contributed by atoms with Crippen molar-refractivity contribution in [2.24, 2.45) is 5.92 Å². The minimum absolute atomic E-state index is 0.110. The van der Waals surface area contributed by atoms with Gasteiger partial charge in [-0.15, -0.1) is 23.2 Å². The Labute approximate surface area is 182 Å². The van der Waals surface area contributed by atoms with Crippen molar-refractivity contribution in [2.75, 3.05) is 7.11 Å². The molecule has 154 valence electrons. The van der Waals surface area contributed by atoms with Gasteiger partial charge in [-0.05, 0) is 25.7 Å². The number of allylic oxidation sites excluding steroid dienone is 1. The molecule has 0 spiro atoms. The highest BCUT2D eigenvalue weighted by Crippen LogP contribution is 2.21. The molecular formula is C19H27Cl4NO3. The largest absolute Gasteiger partial charge is 0.469 e. The molecule has 0 radical (unpaired) electrons. The Hall–Kier alpha value is -0.600. The van der Waals surface area contributed by atoms with Crippen LogP contribution in [0.4, 0.5) is 0 Å². The van der Waals surface area contributed by atoms with E-state index < -0.39 is 5.92 Å². The predicted molar refractivity (Wildman–Crippen MR) is 113 cm³/mol. The summed E-state index contributed by atoms with van der Waals surface area (Å²) >= 11 is 22.4. The molecule has 0 unspecified atom stereocenters. The maximum atomic E-state index is 12.2. The molecule has 0 aliphatic rings. The van der Waals surface area contributed by atoms with E-state index in [0.29, 0.717) is 19.3 Å². The average molecular weight is 459 g/mol. The molecule has 0 rings (SSSR count). The fourth-order valence-corrected chi connectivity index (χ4v) is 3.12. The number of hydrogen-bond donors (Lipinski definition) is 1. The molecule has 0 aliphatic heterocycles. The van der Waals surface area contributed by atoms with Gasteiger partial charge in [0, 0.05) is 25.5 Å². The molecule has 2 atom stereocenters. The summed E-state index contributed by atoms with van der Waals surface area (Å²) in [5, 5.41) is 2.88. The van der Waals surface area contributed by atoms with E-state index in [0.717, 1.165) is 32.1 Å². The molecule has 0 fully saturated rings. The second kappa shape index (κ2) is 16.4. The minimum atomic E-state index is -0.396. The minimum Gasteiger partial charge on any atom is -0.469 e. The average Bonchev–Trinajstić information content (AvgIpc) is 2.58. The fraction of sp³-hybridized carbons (Fsp3) is 0.684. The quantitative estimate of drug-likeness (QED) is 0.181. The van der Waals surface area contributed by atoms with Crippen molar-refractivity contribution in [3.8, 4) is 11.8 Å². The van der Waals surface area contributed by atoms with Gasteiger partial charge in [-0.2, -0.15) is 0 Å². The second-order valence-corrected chi connectivity index (χ2v) is 8.40. The van der Waals surface area contributed by atoms with Gasteiger partial charge in [-0.1, -0.05) is 54.3 Å². The molecule has 0 aromatic heterocycles. The van der Waals surface area contributed by atoms with E-state index in [2.05, 4.69) is 17.2 Å². The Balaban J connectivity index is 4.74. The first-order chi connectivity index (χ1) is 12.8.